The summed E-state index contributed by atoms with van der Waals surface area (Å²) in [5.41, 5.74) is 1.26. The largest absolute Gasteiger partial charge is 0.388 e. The summed E-state index contributed by atoms with van der Waals surface area (Å²) < 4.78 is 0. The number of rotatable bonds is 5. The van der Waals surface area contributed by atoms with E-state index < -0.39 is 0 Å². The molecule has 0 atom stereocenters. The first-order valence-electron chi connectivity index (χ1n) is 7.37. The number of allylic oxidation sites excluding steroid dienone is 1. The molecule has 116 valence electrons. The summed E-state index contributed by atoms with van der Waals surface area (Å²) in [4.78, 5) is 35.0. The van der Waals surface area contributed by atoms with Crippen LogP contribution in [0.25, 0.3) is 0 Å². The topological polar surface area (TPSA) is 75.3 Å². The fourth-order valence-electron chi connectivity index (χ4n) is 2.50. The van der Waals surface area contributed by atoms with Crippen LogP contribution in [0, 0.1) is 0 Å². The van der Waals surface area contributed by atoms with Crippen molar-refractivity contribution in [1.82, 2.24) is 10.6 Å². The summed E-state index contributed by atoms with van der Waals surface area (Å²) in [7, 11) is 0. The van der Waals surface area contributed by atoms with Crippen LogP contribution in [0.4, 0.5) is 0 Å². The van der Waals surface area contributed by atoms with Crippen LogP contribution in [0.1, 0.15) is 31.2 Å². The number of carbonyl (C=O) groups is 3. The number of hydrogen-bond acceptors (Lipinski definition) is 4. The Morgan fingerprint density at radius 2 is 1.77 bits per heavy atom. The molecule has 0 radical (unpaired) electrons. The second-order valence-corrected chi connectivity index (χ2v) is 5.36. The Morgan fingerprint density at radius 1 is 1.14 bits per heavy atom. The van der Waals surface area contributed by atoms with Crippen LogP contribution in [0.5, 0.6) is 0 Å². The highest BCUT2D eigenvalue weighted by Gasteiger charge is 2.31. The van der Waals surface area contributed by atoms with Crippen molar-refractivity contribution in [2.75, 3.05) is 13.1 Å². The fraction of sp³-hybridized carbons (Fsp3) is 0.353. The fourth-order valence-corrected chi connectivity index (χ4v) is 2.50. The highest BCUT2D eigenvalue weighted by molar-refractivity contribution is 6.22. The molecule has 1 amide bonds. The Morgan fingerprint density at radius 3 is 2.36 bits per heavy atom. The molecular formula is C17H20N2O3. The third-order valence-corrected chi connectivity index (χ3v) is 3.63. The normalized spacial score (nSPS) is 18.0. The number of nitrogens with one attached hydrogen (secondary N) is 2. The standard InChI is InChI=1S/C17H20N2O3/c1-12(20)19-8-7-18-11-15-16(21)9-14(10-17(15)22)13-5-3-2-4-6-13/h2-6,11,14,18H,7-10H2,1H3,(H,19,20). The maximum absolute atomic E-state index is 12.2. The van der Waals surface area contributed by atoms with E-state index in [4.69, 9.17) is 0 Å². The Balaban J connectivity index is 1.92. The number of amides is 1. The Hall–Kier alpha value is -2.43. The summed E-state index contributed by atoms with van der Waals surface area (Å²) in [6.45, 7) is 2.37. The third-order valence-electron chi connectivity index (χ3n) is 3.63. The molecule has 0 bridgehead atoms. The lowest BCUT2D eigenvalue weighted by Crippen LogP contribution is -2.30. The lowest BCUT2D eigenvalue weighted by Gasteiger charge is -2.22. The molecule has 0 heterocycles. The molecular weight excluding hydrogens is 280 g/mol. The molecule has 1 aromatic carbocycles. The average Bonchev–Trinajstić information content (AvgIpc) is 2.49. The van der Waals surface area contributed by atoms with E-state index in [0.29, 0.717) is 25.9 Å². The van der Waals surface area contributed by atoms with Crippen molar-refractivity contribution in [1.29, 1.82) is 0 Å². The zero-order valence-corrected chi connectivity index (χ0v) is 12.6. The molecule has 1 fully saturated rings. The molecule has 2 N–H and O–H groups in total. The molecule has 1 saturated carbocycles. The van der Waals surface area contributed by atoms with Crippen LogP contribution in [0.15, 0.2) is 42.1 Å². The number of hydrogen-bond donors (Lipinski definition) is 2. The van der Waals surface area contributed by atoms with Gasteiger partial charge in [-0.3, -0.25) is 14.4 Å². The molecule has 0 saturated heterocycles. The van der Waals surface area contributed by atoms with Gasteiger partial charge >= 0.3 is 0 Å². The van der Waals surface area contributed by atoms with Crippen molar-refractivity contribution < 1.29 is 14.4 Å². The minimum Gasteiger partial charge on any atom is -0.388 e. The monoisotopic (exact) mass is 300 g/mol. The van der Waals surface area contributed by atoms with Gasteiger partial charge in [-0.1, -0.05) is 30.3 Å². The van der Waals surface area contributed by atoms with Gasteiger partial charge in [-0.25, -0.2) is 0 Å². The van der Waals surface area contributed by atoms with E-state index in [0.717, 1.165) is 5.56 Å². The molecule has 1 aliphatic carbocycles. The van der Waals surface area contributed by atoms with Crippen molar-refractivity contribution in [3.05, 3.63) is 47.7 Å². The first-order valence-corrected chi connectivity index (χ1v) is 7.37. The third kappa shape index (κ3) is 4.28. The van der Waals surface area contributed by atoms with E-state index in [2.05, 4.69) is 10.6 Å². The van der Waals surface area contributed by atoms with Gasteiger partial charge in [0.2, 0.25) is 5.91 Å². The molecule has 1 aromatic rings. The first kappa shape index (κ1) is 15.9. The summed E-state index contributed by atoms with van der Waals surface area (Å²) in [6.07, 6.45) is 2.19. The molecule has 5 nitrogen and oxygen atoms in total. The van der Waals surface area contributed by atoms with E-state index in [1.807, 2.05) is 30.3 Å². The number of benzene rings is 1. The van der Waals surface area contributed by atoms with Crippen LogP contribution < -0.4 is 10.6 Å². The number of ketones is 2. The molecule has 1 aliphatic rings. The van der Waals surface area contributed by atoms with Crippen LogP contribution >= 0.6 is 0 Å². The molecule has 5 heteroatoms. The van der Waals surface area contributed by atoms with Crippen molar-refractivity contribution in [3.63, 3.8) is 0 Å². The molecule has 0 aliphatic heterocycles. The summed E-state index contributed by atoms with van der Waals surface area (Å²) in [5.74, 6) is -0.392. The van der Waals surface area contributed by atoms with Crippen molar-refractivity contribution in [2.24, 2.45) is 0 Å². The van der Waals surface area contributed by atoms with Crippen LogP contribution in [-0.4, -0.2) is 30.6 Å². The Bertz CT molecular complexity index is 573. The summed E-state index contributed by atoms with van der Waals surface area (Å²) >= 11 is 0. The quantitative estimate of drug-likeness (QED) is 0.488. The van der Waals surface area contributed by atoms with E-state index in [9.17, 15) is 14.4 Å². The second-order valence-electron chi connectivity index (χ2n) is 5.36. The van der Waals surface area contributed by atoms with Gasteiger partial charge in [0.1, 0.15) is 0 Å². The first-order chi connectivity index (χ1) is 10.6. The van der Waals surface area contributed by atoms with Gasteiger partial charge in [0.15, 0.2) is 11.6 Å². The van der Waals surface area contributed by atoms with Gasteiger partial charge in [0.05, 0.1) is 5.57 Å². The van der Waals surface area contributed by atoms with Crippen LogP contribution in [0.3, 0.4) is 0 Å². The Labute approximate surface area is 129 Å². The lowest BCUT2D eigenvalue weighted by molar-refractivity contribution is -0.124. The SMILES string of the molecule is CC(=O)NCCNC=C1C(=O)CC(c2ccccc2)CC1=O. The van der Waals surface area contributed by atoms with Gasteiger partial charge in [-0.15, -0.1) is 0 Å². The smallest absolute Gasteiger partial charge is 0.216 e. The maximum atomic E-state index is 12.2. The van der Waals surface area contributed by atoms with Crippen LogP contribution in [-0.2, 0) is 14.4 Å². The van der Waals surface area contributed by atoms with Gasteiger partial charge in [0, 0.05) is 39.1 Å². The lowest BCUT2D eigenvalue weighted by atomic mass is 9.80. The van der Waals surface area contributed by atoms with E-state index >= 15 is 0 Å². The van der Waals surface area contributed by atoms with E-state index in [1.54, 1.807) is 0 Å². The Kier molecular flexibility index (Phi) is 5.47. The molecule has 0 spiro atoms. The predicted octanol–water partition coefficient (Wildman–Crippen LogP) is 1.31. The summed E-state index contributed by atoms with van der Waals surface area (Å²) in [5, 5.41) is 5.54. The van der Waals surface area contributed by atoms with Gasteiger partial charge in [-0.2, -0.15) is 0 Å². The number of Topliss-reactive ketones (excluding diaryl/α,β-unsaturated/α-hetero) is 2. The summed E-state index contributed by atoms with van der Waals surface area (Å²) in [6, 6.07) is 9.65. The highest BCUT2D eigenvalue weighted by Crippen LogP contribution is 2.31. The number of carbonyl (C=O) groups excluding carboxylic acids is 3. The van der Waals surface area contributed by atoms with Gasteiger partial charge < -0.3 is 10.6 Å². The second kappa shape index (κ2) is 7.54. The van der Waals surface area contributed by atoms with E-state index in [-0.39, 0.29) is 29.0 Å². The van der Waals surface area contributed by atoms with Crippen molar-refractivity contribution in [2.45, 2.75) is 25.7 Å². The van der Waals surface area contributed by atoms with Gasteiger partial charge in [0.25, 0.3) is 0 Å². The zero-order valence-electron chi connectivity index (χ0n) is 12.6. The van der Waals surface area contributed by atoms with Crippen molar-refractivity contribution >= 4 is 17.5 Å². The minimum atomic E-state index is -0.128. The molecule has 2 rings (SSSR count). The molecule has 22 heavy (non-hydrogen) atoms. The van der Waals surface area contributed by atoms with Crippen LogP contribution in [0.2, 0.25) is 0 Å². The van der Waals surface area contributed by atoms with Crippen molar-refractivity contribution in [3.8, 4) is 0 Å². The minimum absolute atomic E-state index is 0.0299. The molecule has 0 aromatic heterocycles. The average molecular weight is 300 g/mol. The zero-order chi connectivity index (χ0) is 15.9. The highest BCUT2D eigenvalue weighted by atomic mass is 16.2. The van der Waals surface area contributed by atoms with Gasteiger partial charge in [-0.05, 0) is 11.5 Å². The molecule has 0 unspecified atom stereocenters. The predicted molar refractivity (Wildman–Crippen MR) is 83.2 cm³/mol. The maximum Gasteiger partial charge on any atom is 0.216 e. The van der Waals surface area contributed by atoms with E-state index in [1.165, 1.54) is 13.1 Å².